The lowest BCUT2D eigenvalue weighted by atomic mass is 10.1. The van der Waals surface area contributed by atoms with Crippen LogP contribution in [-0.4, -0.2) is 9.55 Å². The second kappa shape index (κ2) is 6.41. The van der Waals surface area contributed by atoms with Gasteiger partial charge in [0, 0.05) is 11.1 Å². The quantitative estimate of drug-likeness (QED) is 0.379. The number of hydrogen-bond donors (Lipinski definition) is 0. The molecule has 4 rings (SSSR count). The van der Waals surface area contributed by atoms with E-state index in [1.165, 1.54) is 33.5 Å². The first kappa shape index (κ1) is 17.1. The number of hydrogen-bond acceptors (Lipinski definition) is 1. The van der Waals surface area contributed by atoms with Crippen molar-refractivity contribution in [2.75, 3.05) is 0 Å². The molecule has 0 unspecified atom stereocenters. The molecule has 2 heterocycles. The van der Waals surface area contributed by atoms with E-state index in [2.05, 4.69) is 61.4 Å². The molecule has 4 aromatic rings. The molecule has 0 fully saturated rings. The molecule has 0 aliphatic rings. The van der Waals surface area contributed by atoms with Crippen LogP contribution in [0.3, 0.4) is 0 Å². The van der Waals surface area contributed by atoms with Gasteiger partial charge in [-0.3, -0.25) is 4.98 Å². The Bertz CT molecular complexity index is 1200. The van der Waals surface area contributed by atoms with Crippen LogP contribution in [0.2, 0.25) is 0 Å². The van der Waals surface area contributed by atoms with Crippen LogP contribution in [0.5, 0.6) is 0 Å². The van der Waals surface area contributed by atoms with Crippen LogP contribution < -0.4 is 0 Å². The molecule has 3 heteroatoms. The zero-order valence-electron chi connectivity index (χ0n) is 16.0. The molecule has 0 radical (unpaired) electrons. The van der Waals surface area contributed by atoms with Gasteiger partial charge in [0.2, 0.25) is 0 Å². The summed E-state index contributed by atoms with van der Waals surface area (Å²) in [5.74, 6) is 0. The average Bonchev–Trinajstić information content (AvgIpc) is 2.93. The second-order valence-electron chi connectivity index (χ2n) is 7.04. The number of benzene rings is 2. The molecule has 2 aromatic carbocycles. The molecule has 3 nitrogen and oxygen atoms in total. The molecule has 0 bridgehead atoms. The van der Waals surface area contributed by atoms with Crippen molar-refractivity contribution in [2.45, 2.75) is 27.7 Å². The topological polar surface area (TPSA) is 22.2 Å². The van der Waals surface area contributed by atoms with Crippen LogP contribution in [0, 0.1) is 34.3 Å². The van der Waals surface area contributed by atoms with E-state index in [1.54, 1.807) is 0 Å². The van der Waals surface area contributed by atoms with Gasteiger partial charge in [0.1, 0.15) is 0 Å². The van der Waals surface area contributed by atoms with E-state index in [0.717, 1.165) is 16.8 Å². The van der Waals surface area contributed by atoms with Gasteiger partial charge < -0.3 is 4.57 Å². The Morgan fingerprint density at radius 3 is 2.33 bits per heavy atom. The Kier molecular flexibility index (Phi) is 4.05. The summed E-state index contributed by atoms with van der Waals surface area (Å²) in [4.78, 5) is 8.26. The fraction of sp³-hybridized carbons (Fsp3) is 0.167. The summed E-state index contributed by atoms with van der Waals surface area (Å²) in [6.45, 7) is 15.9. The van der Waals surface area contributed by atoms with Crippen LogP contribution >= 0.6 is 0 Å². The Morgan fingerprint density at radius 2 is 1.63 bits per heavy atom. The summed E-state index contributed by atoms with van der Waals surface area (Å²) in [5, 5.41) is 1.20. The van der Waals surface area contributed by atoms with Gasteiger partial charge in [-0.15, -0.1) is 0 Å². The minimum Gasteiger partial charge on any atom is -0.312 e. The van der Waals surface area contributed by atoms with Crippen molar-refractivity contribution in [2.24, 2.45) is 0 Å². The van der Waals surface area contributed by atoms with Crippen molar-refractivity contribution in [3.8, 4) is 16.9 Å². The van der Waals surface area contributed by atoms with Crippen LogP contribution in [0.1, 0.15) is 22.4 Å². The largest absolute Gasteiger partial charge is 0.312 e. The molecule has 0 spiro atoms. The predicted molar refractivity (Wildman–Crippen MR) is 112 cm³/mol. The maximum Gasteiger partial charge on any atom is 0.187 e. The van der Waals surface area contributed by atoms with Gasteiger partial charge in [0.25, 0.3) is 0 Å². The molecular weight excluding hydrogens is 330 g/mol. The summed E-state index contributed by atoms with van der Waals surface area (Å²) in [7, 11) is 0. The van der Waals surface area contributed by atoms with Gasteiger partial charge in [0.15, 0.2) is 5.69 Å². The summed E-state index contributed by atoms with van der Waals surface area (Å²) in [6, 6.07) is 16.2. The number of rotatable bonds is 2. The van der Waals surface area contributed by atoms with Gasteiger partial charge >= 0.3 is 0 Å². The number of para-hydroxylation sites is 1. The number of aryl methyl sites for hydroxylation is 3. The monoisotopic (exact) mass is 351 g/mol. The van der Waals surface area contributed by atoms with Crippen LogP contribution in [0.15, 0.2) is 54.7 Å². The van der Waals surface area contributed by atoms with Crippen molar-refractivity contribution in [3.63, 3.8) is 0 Å². The van der Waals surface area contributed by atoms with Crippen molar-refractivity contribution in [1.82, 2.24) is 9.55 Å². The van der Waals surface area contributed by atoms with E-state index in [1.807, 2.05) is 30.5 Å². The first-order valence-electron chi connectivity index (χ1n) is 9.03. The normalized spacial score (nSPS) is 10.9. The standard InChI is InChI=1S/C24H21N3/c1-15-8-6-9-16(2)24(15)27-18(4)17(3)21-13-22(26-14-23(21)27)19-10-7-11-20(12-19)25-5/h6-14H,1-4H3. The Labute approximate surface area is 159 Å². The van der Waals surface area contributed by atoms with Crippen LogP contribution in [-0.2, 0) is 0 Å². The smallest absolute Gasteiger partial charge is 0.187 e. The van der Waals surface area contributed by atoms with Gasteiger partial charge in [-0.1, -0.05) is 36.4 Å². The molecule has 27 heavy (non-hydrogen) atoms. The number of pyridine rings is 1. The van der Waals surface area contributed by atoms with E-state index in [-0.39, 0.29) is 0 Å². The zero-order valence-corrected chi connectivity index (χ0v) is 16.0. The van der Waals surface area contributed by atoms with E-state index in [0.29, 0.717) is 5.69 Å². The second-order valence-corrected chi connectivity index (χ2v) is 7.04. The molecule has 0 atom stereocenters. The van der Waals surface area contributed by atoms with Crippen molar-refractivity contribution in [1.29, 1.82) is 0 Å². The third kappa shape index (κ3) is 2.71. The molecule has 0 saturated carbocycles. The zero-order chi connectivity index (χ0) is 19.1. The number of aromatic nitrogens is 2. The number of fused-ring (bicyclic) bond motifs is 1. The molecule has 0 aliphatic heterocycles. The summed E-state index contributed by atoms with van der Waals surface area (Å²) in [5.41, 5.74) is 9.86. The molecule has 0 aliphatic carbocycles. The highest BCUT2D eigenvalue weighted by Crippen LogP contribution is 2.33. The van der Waals surface area contributed by atoms with Gasteiger partial charge in [0.05, 0.1) is 29.7 Å². The van der Waals surface area contributed by atoms with E-state index in [9.17, 15) is 0 Å². The highest BCUT2D eigenvalue weighted by atomic mass is 15.0. The van der Waals surface area contributed by atoms with Gasteiger partial charge in [-0.25, -0.2) is 4.85 Å². The predicted octanol–water partition coefficient (Wildman–Crippen LogP) is 6.48. The molecule has 0 saturated heterocycles. The Morgan fingerprint density at radius 1 is 0.926 bits per heavy atom. The molecule has 0 amide bonds. The van der Waals surface area contributed by atoms with Crippen LogP contribution in [0.25, 0.3) is 32.7 Å². The molecular formula is C24H21N3. The highest BCUT2D eigenvalue weighted by molar-refractivity contribution is 5.90. The van der Waals surface area contributed by atoms with Crippen molar-refractivity contribution < 1.29 is 0 Å². The average molecular weight is 351 g/mol. The first-order chi connectivity index (χ1) is 13.0. The third-order valence-electron chi connectivity index (χ3n) is 5.34. The Balaban J connectivity index is 1.97. The van der Waals surface area contributed by atoms with Crippen LogP contribution in [0.4, 0.5) is 5.69 Å². The maximum absolute atomic E-state index is 7.24. The van der Waals surface area contributed by atoms with Gasteiger partial charge in [-0.2, -0.15) is 0 Å². The SMILES string of the molecule is [C-]#[N+]c1cccc(-c2cc3c(C)c(C)n(-c4c(C)cccc4C)c3cn2)c1. The van der Waals surface area contributed by atoms with E-state index >= 15 is 0 Å². The first-order valence-corrected chi connectivity index (χ1v) is 9.03. The summed E-state index contributed by atoms with van der Waals surface area (Å²) < 4.78 is 2.32. The minimum absolute atomic E-state index is 0.635. The number of nitrogens with zero attached hydrogens (tertiary/aromatic N) is 3. The lowest BCUT2D eigenvalue weighted by Gasteiger charge is -2.15. The third-order valence-corrected chi connectivity index (χ3v) is 5.34. The summed E-state index contributed by atoms with van der Waals surface area (Å²) >= 11 is 0. The van der Waals surface area contributed by atoms with Crippen molar-refractivity contribution in [3.05, 3.63) is 88.5 Å². The maximum atomic E-state index is 7.24. The Hall–Kier alpha value is -3.38. The molecule has 0 N–H and O–H groups in total. The van der Waals surface area contributed by atoms with E-state index in [4.69, 9.17) is 11.6 Å². The van der Waals surface area contributed by atoms with E-state index < -0.39 is 0 Å². The van der Waals surface area contributed by atoms with Crippen molar-refractivity contribution >= 4 is 16.6 Å². The fourth-order valence-electron chi connectivity index (χ4n) is 3.81. The fourth-order valence-corrected chi connectivity index (χ4v) is 3.81. The lowest BCUT2D eigenvalue weighted by molar-refractivity contribution is 1.01. The summed E-state index contributed by atoms with van der Waals surface area (Å²) in [6.07, 6.45) is 1.96. The lowest BCUT2D eigenvalue weighted by Crippen LogP contribution is -2.02. The molecule has 2 aromatic heterocycles. The highest BCUT2D eigenvalue weighted by Gasteiger charge is 2.16. The molecule has 132 valence electrons. The van der Waals surface area contributed by atoms with Gasteiger partial charge in [-0.05, 0) is 62.1 Å². The minimum atomic E-state index is 0.635.